The zero-order chi connectivity index (χ0) is 13.5. The van der Waals surface area contributed by atoms with Crippen molar-refractivity contribution in [2.24, 2.45) is 0 Å². The lowest BCUT2D eigenvalue weighted by Crippen LogP contribution is -2.29. The van der Waals surface area contributed by atoms with Crippen LogP contribution in [0.25, 0.3) is 0 Å². The number of hydrogen-bond donors (Lipinski definition) is 2. The van der Waals surface area contributed by atoms with Crippen molar-refractivity contribution in [3.05, 3.63) is 54.2 Å². The van der Waals surface area contributed by atoms with Crippen molar-refractivity contribution >= 4 is 23.0 Å². The molecule has 2 aromatic rings. The number of thiocarbonyl (C=S) groups is 1. The van der Waals surface area contributed by atoms with Crippen LogP contribution in [0.3, 0.4) is 0 Å². The molecule has 3 nitrogen and oxygen atoms in total. The summed E-state index contributed by atoms with van der Waals surface area (Å²) in [4.78, 5) is 0. The van der Waals surface area contributed by atoms with Crippen molar-refractivity contribution in [1.82, 2.24) is 5.32 Å². The molecule has 5 heteroatoms. The van der Waals surface area contributed by atoms with Gasteiger partial charge in [-0.3, -0.25) is 0 Å². The molecule has 2 N–H and O–H groups in total. The van der Waals surface area contributed by atoms with E-state index < -0.39 is 0 Å². The van der Waals surface area contributed by atoms with Crippen LogP contribution in [-0.2, 0) is 6.42 Å². The van der Waals surface area contributed by atoms with Crippen LogP contribution in [0, 0.1) is 5.82 Å². The van der Waals surface area contributed by atoms with Crippen LogP contribution in [0.4, 0.5) is 10.1 Å². The normalized spacial score (nSPS) is 10.2. The maximum absolute atomic E-state index is 13.4. The Labute approximate surface area is 116 Å². The van der Waals surface area contributed by atoms with Crippen LogP contribution in [0.5, 0.6) is 0 Å². The van der Waals surface area contributed by atoms with Gasteiger partial charge in [0.2, 0.25) is 0 Å². The van der Waals surface area contributed by atoms with Crippen molar-refractivity contribution in [2.75, 3.05) is 11.9 Å². The molecule has 0 atom stereocenters. The van der Waals surface area contributed by atoms with Gasteiger partial charge in [0.25, 0.3) is 0 Å². The Bertz CT molecular complexity index is 528. The van der Waals surface area contributed by atoms with Crippen molar-refractivity contribution in [2.45, 2.75) is 12.8 Å². The van der Waals surface area contributed by atoms with E-state index in [0.29, 0.717) is 17.3 Å². The molecule has 0 fully saturated rings. The van der Waals surface area contributed by atoms with E-state index in [4.69, 9.17) is 16.6 Å². The SMILES string of the molecule is Fc1ccccc1NC(=S)NCCCc1ccco1. The number of nitrogens with one attached hydrogen (secondary N) is 2. The highest BCUT2D eigenvalue weighted by Gasteiger charge is 2.02. The van der Waals surface area contributed by atoms with Crippen LogP contribution in [-0.4, -0.2) is 11.7 Å². The van der Waals surface area contributed by atoms with Crippen molar-refractivity contribution in [3.63, 3.8) is 0 Å². The second kappa shape index (κ2) is 6.89. The summed E-state index contributed by atoms with van der Waals surface area (Å²) in [5, 5.41) is 6.28. The van der Waals surface area contributed by atoms with Crippen LogP contribution in [0.15, 0.2) is 47.1 Å². The van der Waals surface area contributed by atoms with Gasteiger partial charge < -0.3 is 15.1 Å². The molecule has 0 spiro atoms. The Morgan fingerprint density at radius 3 is 2.79 bits per heavy atom. The van der Waals surface area contributed by atoms with Crippen LogP contribution in [0.1, 0.15) is 12.2 Å². The first-order chi connectivity index (χ1) is 9.25. The number of halogens is 1. The zero-order valence-electron chi connectivity index (χ0n) is 10.4. The summed E-state index contributed by atoms with van der Waals surface area (Å²) in [7, 11) is 0. The largest absolute Gasteiger partial charge is 0.469 e. The van der Waals surface area contributed by atoms with Crippen LogP contribution < -0.4 is 10.6 Å². The molecule has 100 valence electrons. The summed E-state index contributed by atoms with van der Waals surface area (Å²) in [6.07, 6.45) is 3.40. The van der Waals surface area contributed by atoms with Gasteiger partial charge in [-0.2, -0.15) is 0 Å². The molecule has 0 aliphatic carbocycles. The molecular formula is C14H15FN2OS. The molecule has 2 rings (SSSR count). The molecule has 1 aromatic carbocycles. The molecule has 1 aromatic heterocycles. The molecule has 0 unspecified atom stereocenters. The first-order valence-electron chi connectivity index (χ1n) is 6.07. The molecule has 1 heterocycles. The predicted molar refractivity (Wildman–Crippen MR) is 77.7 cm³/mol. The van der Waals surface area contributed by atoms with Crippen molar-refractivity contribution in [3.8, 4) is 0 Å². The Morgan fingerprint density at radius 1 is 1.21 bits per heavy atom. The monoisotopic (exact) mass is 278 g/mol. The van der Waals surface area contributed by atoms with Gasteiger partial charge in [0, 0.05) is 13.0 Å². The summed E-state index contributed by atoms with van der Waals surface area (Å²) in [6.45, 7) is 0.709. The number of anilines is 1. The topological polar surface area (TPSA) is 37.2 Å². The number of furan rings is 1. The first-order valence-corrected chi connectivity index (χ1v) is 6.48. The third kappa shape index (κ3) is 4.37. The molecule has 0 bridgehead atoms. The predicted octanol–water partition coefficient (Wildman–Crippen LogP) is 3.34. The molecule has 0 radical (unpaired) electrons. The summed E-state index contributed by atoms with van der Waals surface area (Å²) in [5.41, 5.74) is 0.381. The van der Waals surface area contributed by atoms with Crippen LogP contribution >= 0.6 is 12.2 Å². The highest BCUT2D eigenvalue weighted by molar-refractivity contribution is 7.80. The minimum atomic E-state index is -0.317. The Hall–Kier alpha value is -1.88. The molecule has 0 aliphatic rings. The van der Waals surface area contributed by atoms with E-state index in [1.165, 1.54) is 6.07 Å². The minimum Gasteiger partial charge on any atom is -0.469 e. The molecule has 19 heavy (non-hydrogen) atoms. The summed E-state index contributed by atoms with van der Waals surface area (Å²) >= 11 is 5.10. The van der Waals surface area contributed by atoms with Gasteiger partial charge in [-0.15, -0.1) is 0 Å². The van der Waals surface area contributed by atoms with E-state index in [2.05, 4.69) is 10.6 Å². The Kier molecular flexibility index (Phi) is 4.92. The summed E-state index contributed by atoms with van der Waals surface area (Å²) < 4.78 is 18.6. The fourth-order valence-corrected chi connectivity index (χ4v) is 1.86. The second-order valence-electron chi connectivity index (χ2n) is 4.04. The molecule has 0 aliphatic heterocycles. The number of aryl methyl sites for hydroxylation is 1. The van der Waals surface area contributed by atoms with Gasteiger partial charge >= 0.3 is 0 Å². The average Bonchev–Trinajstić information content (AvgIpc) is 2.91. The zero-order valence-corrected chi connectivity index (χ0v) is 11.2. The fourth-order valence-electron chi connectivity index (χ4n) is 1.65. The van der Waals surface area contributed by atoms with Crippen LogP contribution in [0.2, 0.25) is 0 Å². The smallest absolute Gasteiger partial charge is 0.170 e. The van der Waals surface area contributed by atoms with Gasteiger partial charge in [-0.25, -0.2) is 4.39 Å². The number of hydrogen-bond acceptors (Lipinski definition) is 2. The average molecular weight is 278 g/mol. The van der Waals surface area contributed by atoms with E-state index in [1.807, 2.05) is 12.1 Å². The van der Waals surface area contributed by atoms with E-state index in [-0.39, 0.29) is 5.82 Å². The molecule has 0 saturated carbocycles. The Balaban J connectivity index is 1.69. The van der Waals surface area contributed by atoms with Gasteiger partial charge in [0.1, 0.15) is 11.6 Å². The third-order valence-electron chi connectivity index (χ3n) is 2.59. The summed E-state index contributed by atoms with van der Waals surface area (Å²) in [5.74, 6) is 0.636. The van der Waals surface area contributed by atoms with E-state index in [0.717, 1.165) is 18.6 Å². The number of para-hydroxylation sites is 1. The third-order valence-corrected chi connectivity index (χ3v) is 2.83. The highest BCUT2D eigenvalue weighted by Crippen LogP contribution is 2.11. The first kappa shape index (κ1) is 13.5. The molecule has 0 amide bonds. The number of benzene rings is 1. The molecule has 0 saturated heterocycles. The Morgan fingerprint density at radius 2 is 2.05 bits per heavy atom. The lowest BCUT2D eigenvalue weighted by molar-refractivity contribution is 0.501. The van der Waals surface area contributed by atoms with Crippen molar-refractivity contribution in [1.29, 1.82) is 0 Å². The molecular weight excluding hydrogens is 263 g/mol. The van der Waals surface area contributed by atoms with Gasteiger partial charge in [-0.05, 0) is 42.9 Å². The lowest BCUT2D eigenvalue weighted by Gasteiger charge is -2.10. The standard InChI is InChI=1S/C14H15FN2OS/c15-12-7-1-2-8-13(12)17-14(19)16-9-3-5-11-6-4-10-18-11/h1-2,4,6-8,10H,3,5,9H2,(H2,16,17,19). The highest BCUT2D eigenvalue weighted by atomic mass is 32.1. The van der Waals surface area contributed by atoms with E-state index >= 15 is 0 Å². The lowest BCUT2D eigenvalue weighted by atomic mass is 10.2. The van der Waals surface area contributed by atoms with Gasteiger partial charge in [-0.1, -0.05) is 12.1 Å². The maximum atomic E-state index is 13.4. The quantitative estimate of drug-likeness (QED) is 0.650. The van der Waals surface area contributed by atoms with E-state index in [9.17, 15) is 4.39 Å². The fraction of sp³-hybridized carbons (Fsp3) is 0.214. The van der Waals surface area contributed by atoms with Gasteiger partial charge in [0.15, 0.2) is 5.11 Å². The van der Waals surface area contributed by atoms with Crippen molar-refractivity contribution < 1.29 is 8.81 Å². The number of rotatable bonds is 5. The van der Waals surface area contributed by atoms with Gasteiger partial charge in [0.05, 0.1) is 12.0 Å². The summed E-state index contributed by atoms with van der Waals surface area (Å²) in [6, 6.07) is 10.2. The second-order valence-corrected chi connectivity index (χ2v) is 4.45. The minimum absolute atomic E-state index is 0.317. The maximum Gasteiger partial charge on any atom is 0.170 e. The van der Waals surface area contributed by atoms with E-state index in [1.54, 1.807) is 24.5 Å².